The van der Waals surface area contributed by atoms with E-state index in [1.54, 1.807) is 5.32 Å². The number of carbonyl (C=O) groups excluding carboxylic acids is 1. The SMILES string of the molecule is O=C(CNC1CC=CC1)NCC(F)(F)F. The lowest BCUT2D eigenvalue weighted by atomic mass is 10.2. The number of amides is 1. The average molecular weight is 222 g/mol. The van der Waals surface area contributed by atoms with Gasteiger partial charge in [-0.05, 0) is 12.8 Å². The van der Waals surface area contributed by atoms with Gasteiger partial charge in [0.25, 0.3) is 0 Å². The number of hydrogen-bond acceptors (Lipinski definition) is 2. The van der Waals surface area contributed by atoms with E-state index in [1.165, 1.54) is 0 Å². The van der Waals surface area contributed by atoms with Gasteiger partial charge in [-0.15, -0.1) is 0 Å². The zero-order valence-corrected chi connectivity index (χ0v) is 8.10. The largest absolute Gasteiger partial charge is 0.405 e. The molecule has 6 heteroatoms. The zero-order chi connectivity index (χ0) is 11.3. The van der Waals surface area contributed by atoms with Gasteiger partial charge in [-0.2, -0.15) is 13.2 Å². The highest BCUT2D eigenvalue weighted by molar-refractivity contribution is 5.78. The average Bonchev–Trinajstić information content (AvgIpc) is 2.62. The van der Waals surface area contributed by atoms with Crippen LogP contribution in [0.15, 0.2) is 12.2 Å². The molecule has 0 bridgehead atoms. The highest BCUT2D eigenvalue weighted by Gasteiger charge is 2.27. The van der Waals surface area contributed by atoms with Crippen LogP contribution in [0.25, 0.3) is 0 Å². The Hall–Kier alpha value is -1.04. The van der Waals surface area contributed by atoms with Gasteiger partial charge in [-0.3, -0.25) is 4.79 Å². The van der Waals surface area contributed by atoms with Crippen molar-refractivity contribution in [2.75, 3.05) is 13.1 Å². The lowest BCUT2D eigenvalue weighted by Crippen LogP contribution is -2.41. The molecule has 0 saturated carbocycles. The van der Waals surface area contributed by atoms with Gasteiger partial charge in [0.15, 0.2) is 0 Å². The lowest BCUT2D eigenvalue weighted by Gasteiger charge is -2.12. The van der Waals surface area contributed by atoms with Gasteiger partial charge in [-0.1, -0.05) is 12.2 Å². The summed E-state index contributed by atoms with van der Waals surface area (Å²) in [4.78, 5) is 11.0. The second-order valence-corrected chi connectivity index (χ2v) is 3.41. The van der Waals surface area contributed by atoms with Crippen LogP contribution < -0.4 is 10.6 Å². The van der Waals surface area contributed by atoms with E-state index in [0.29, 0.717) is 0 Å². The normalized spacial score (nSPS) is 17.0. The fourth-order valence-corrected chi connectivity index (χ4v) is 1.28. The van der Waals surface area contributed by atoms with Gasteiger partial charge in [0, 0.05) is 6.04 Å². The van der Waals surface area contributed by atoms with E-state index in [9.17, 15) is 18.0 Å². The first-order chi connectivity index (χ1) is 6.97. The summed E-state index contributed by atoms with van der Waals surface area (Å²) in [7, 11) is 0. The molecule has 0 aliphatic heterocycles. The molecule has 86 valence electrons. The van der Waals surface area contributed by atoms with Crippen LogP contribution in [0.1, 0.15) is 12.8 Å². The van der Waals surface area contributed by atoms with Crippen molar-refractivity contribution in [3.8, 4) is 0 Å². The summed E-state index contributed by atoms with van der Waals surface area (Å²) in [6, 6.07) is 0.182. The molecule has 0 atom stereocenters. The molecule has 0 fully saturated rings. The summed E-state index contributed by atoms with van der Waals surface area (Å²) in [5.74, 6) is -0.626. The fourth-order valence-electron chi connectivity index (χ4n) is 1.28. The monoisotopic (exact) mass is 222 g/mol. The van der Waals surface area contributed by atoms with Crippen LogP contribution in [0.2, 0.25) is 0 Å². The third-order valence-corrected chi connectivity index (χ3v) is 2.05. The van der Waals surface area contributed by atoms with Gasteiger partial charge in [0.1, 0.15) is 6.54 Å². The Morgan fingerprint density at radius 2 is 1.93 bits per heavy atom. The Morgan fingerprint density at radius 1 is 1.33 bits per heavy atom. The van der Waals surface area contributed by atoms with Crippen LogP contribution in [0.5, 0.6) is 0 Å². The second-order valence-electron chi connectivity index (χ2n) is 3.41. The lowest BCUT2D eigenvalue weighted by molar-refractivity contribution is -0.137. The van der Waals surface area contributed by atoms with Gasteiger partial charge < -0.3 is 10.6 Å². The molecule has 2 N–H and O–H groups in total. The van der Waals surface area contributed by atoms with Crippen LogP contribution >= 0.6 is 0 Å². The van der Waals surface area contributed by atoms with E-state index in [0.717, 1.165) is 12.8 Å². The topological polar surface area (TPSA) is 41.1 Å². The van der Waals surface area contributed by atoms with Crippen molar-refractivity contribution < 1.29 is 18.0 Å². The molecule has 0 unspecified atom stereocenters. The first kappa shape index (κ1) is 12.0. The predicted octanol–water partition coefficient (Wildman–Crippen LogP) is 0.973. The standard InChI is InChI=1S/C9H13F3N2O/c10-9(11,12)6-14-8(15)5-13-7-3-1-2-4-7/h1-2,7,13H,3-6H2,(H,14,15). The molecule has 0 aromatic carbocycles. The van der Waals surface area contributed by atoms with Crippen LogP contribution in [0.3, 0.4) is 0 Å². The van der Waals surface area contributed by atoms with Crippen molar-refractivity contribution in [2.24, 2.45) is 0 Å². The Labute approximate surface area is 85.7 Å². The predicted molar refractivity (Wildman–Crippen MR) is 49.2 cm³/mol. The first-order valence-corrected chi connectivity index (χ1v) is 4.69. The molecule has 1 amide bonds. The van der Waals surface area contributed by atoms with Crippen LogP contribution in [0.4, 0.5) is 13.2 Å². The van der Waals surface area contributed by atoms with E-state index >= 15 is 0 Å². The number of nitrogens with one attached hydrogen (secondary N) is 2. The first-order valence-electron chi connectivity index (χ1n) is 4.69. The number of halogens is 3. The van der Waals surface area contributed by atoms with E-state index in [1.807, 2.05) is 12.2 Å². The molecule has 0 spiro atoms. The van der Waals surface area contributed by atoms with E-state index in [2.05, 4.69) is 5.32 Å². The number of hydrogen-bond donors (Lipinski definition) is 2. The third kappa shape index (κ3) is 5.41. The molecular formula is C9H13F3N2O. The second kappa shape index (κ2) is 5.16. The molecule has 1 aliphatic rings. The highest BCUT2D eigenvalue weighted by Crippen LogP contribution is 2.12. The molecule has 0 saturated heterocycles. The van der Waals surface area contributed by atoms with Crippen LogP contribution in [-0.4, -0.2) is 31.2 Å². The summed E-state index contributed by atoms with van der Waals surface area (Å²) in [5.41, 5.74) is 0. The Morgan fingerprint density at radius 3 is 2.47 bits per heavy atom. The van der Waals surface area contributed by atoms with Crippen molar-refractivity contribution in [1.29, 1.82) is 0 Å². The minimum absolute atomic E-state index is 0.0670. The van der Waals surface area contributed by atoms with Crippen molar-refractivity contribution in [1.82, 2.24) is 10.6 Å². The smallest absolute Gasteiger partial charge is 0.346 e. The third-order valence-electron chi connectivity index (χ3n) is 2.05. The fraction of sp³-hybridized carbons (Fsp3) is 0.667. The molecule has 1 aliphatic carbocycles. The molecule has 0 aromatic rings. The molecule has 3 nitrogen and oxygen atoms in total. The minimum Gasteiger partial charge on any atom is -0.346 e. The maximum atomic E-state index is 11.7. The number of rotatable bonds is 4. The van der Waals surface area contributed by atoms with Gasteiger partial charge >= 0.3 is 6.18 Å². The van der Waals surface area contributed by atoms with Gasteiger partial charge in [0.2, 0.25) is 5.91 Å². The molecular weight excluding hydrogens is 209 g/mol. The number of carbonyl (C=O) groups is 1. The number of alkyl halides is 3. The molecule has 0 aromatic heterocycles. The Kier molecular flexibility index (Phi) is 4.14. The quantitative estimate of drug-likeness (QED) is 0.696. The van der Waals surface area contributed by atoms with E-state index in [-0.39, 0.29) is 12.6 Å². The van der Waals surface area contributed by atoms with Crippen LogP contribution in [0, 0.1) is 0 Å². The molecule has 0 radical (unpaired) electrons. The highest BCUT2D eigenvalue weighted by atomic mass is 19.4. The Balaban J connectivity index is 2.08. The van der Waals surface area contributed by atoms with E-state index < -0.39 is 18.6 Å². The molecule has 1 rings (SSSR count). The van der Waals surface area contributed by atoms with Gasteiger partial charge in [0.05, 0.1) is 6.54 Å². The van der Waals surface area contributed by atoms with Crippen molar-refractivity contribution in [2.45, 2.75) is 25.1 Å². The summed E-state index contributed by atoms with van der Waals surface area (Å²) in [6.45, 7) is -1.33. The minimum atomic E-state index is -4.34. The zero-order valence-electron chi connectivity index (χ0n) is 8.10. The van der Waals surface area contributed by atoms with Crippen molar-refractivity contribution in [3.05, 3.63) is 12.2 Å². The van der Waals surface area contributed by atoms with Crippen molar-refractivity contribution in [3.63, 3.8) is 0 Å². The van der Waals surface area contributed by atoms with Gasteiger partial charge in [-0.25, -0.2) is 0 Å². The summed E-state index contributed by atoms with van der Waals surface area (Å²) in [6.07, 6.45) is 1.26. The molecule has 0 heterocycles. The van der Waals surface area contributed by atoms with Crippen molar-refractivity contribution >= 4 is 5.91 Å². The summed E-state index contributed by atoms with van der Waals surface area (Å²) in [5, 5.41) is 4.68. The summed E-state index contributed by atoms with van der Waals surface area (Å²) < 4.78 is 35.1. The maximum absolute atomic E-state index is 11.7. The van der Waals surface area contributed by atoms with E-state index in [4.69, 9.17) is 0 Å². The maximum Gasteiger partial charge on any atom is 0.405 e. The Bertz CT molecular complexity index is 242. The molecule has 15 heavy (non-hydrogen) atoms. The summed E-state index contributed by atoms with van der Waals surface area (Å²) >= 11 is 0. The van der Waals surface area contributed by atoms with Crippen LogP contribution in [-0.2, 0) is 4.79 Å².